The summed E-state index contributed by atoms with van der Waals surface area (Å²) in [5.74, 6) is 0.845. The van der Waals surface area contributed by atoms with Gasteiger partial charge >= 0.3 is 0 Å². The van der Waals surface area contributed by atoms with Crippen molar-refractivity contribution in [1.82, 2.24) is 19.7 Å². The highest BCUT2D eigenvalue weighted by Gasteiger charge is 2.34. The number of morpholine rings is 1. The minimum atomic E-state index is -0.328. The highest BCUT2D eigenvalue weighted by Crippen LogP contribution is 2.28. The fourth-order valence-electron chi connectivity index (χ4n) is 2.75. The Balaban J connectivity index is 2.01. The molecule has 3 rings (SSSR count). The Morgan fingerprint density at radius 1 is 1.45 bits per heavy atom. The maximum absolute atomic E-state index is 9.40. The second-order valence-electron chi connectivity index (χ2n) is 5.77. The predicted molar refractivity (Wildman–Crippen MR) is 74.6 cm³/mol. The number of anilines is 1. The Kier molecular flexibility index (Phi) is 3.10. The van der Waals surface area contributed by atoms with Gasteiger partial charge in [0.25, 0.3) is 0 Å². The molecule has 0 bridgehead atoms. The molecule has 0 spiro atoms. The van der Waals surface area contributed by atoms with Crippen LogP contribution in [0.1, 0.15) is 13.8 Å². The summed E-state index contributed by atoms with van der Waals surface area (Å²) in [4.78, 5) is 10.8. The Morgan fingerprint density at radius 3 is 3.00 bits per heavy atom. The molecule has 0 aliphatic carbocycles. The molecule has 1 N–H and O–H groups in total. The van der Waals surface area contributed by atoms with E-state index in [0.717, 1.165) is 16.9 Å². The van der Waals surface area contributed by atoms with Crippen LogP contribution in [0.25, 0.3) is 11.0 Å². The molecule has 3 heterocycles. The minimum absolute atomic E-state index is 0.00119. The topological polar surface area (TPSA) is 76.3 Å². The van der Waals surface area contributed by atoms with Crippen molar-refractivity contribution in [2.24, 2.45) is 7.05 Å². The molecule has 20 heavy (non-hydrogen) atoms. The molecule has 1 fully saturated rings. The number of rotatable bonds is 2. The van der Waals surface area contributed by atoms with E-state index in [-0.39, 0.29) is 18.3 Å². The third-order valence-corrected chi connectivity index (χ3v) is 3.49. The van der Waals surface area contributed by atoms with Crippen LogP contribution in [0.3, 0.4) is 0 Å². The second kappa shape index (κ2) is 4.68. The van der Waals surface area contributed by atoms with Gasteiger partial charge in [-0.1, -0.05) is 0 Å². The number of aryl methyl sites for hydroxylation is 1. The van der Waals surface area contributed by atoms with Crippen molar-refractivity contribution in [3.8, 4) is 0 Å². The third-order valence-electron chi connectivity index (χ3n) is 3.49. The highest BCUT2D eigenvalue weighted by atomic mass is 16.5. The van der Waals surface area contributed by atoms with Crippen LogP contribution in [0.4, 0.5) is 5.82 Å². The lowest BCUT2D eigenvalue weighted by Gasteiger charge is -2.42. The summed E-state index contributed by atoms with van der Waals surface area (Å²) in [6, 6.07) is 0. The van der Waals surface area contributed by atoms with Gasteiger partial charge in [-0.25, -0.2) is 9.97 Å². The van der Waals surface area contributed by atoms with Gasteiger partial charge in [0.05, 0.1) is 29.9 Å². The van der Waals surface area contributed by atoms with Crippen molar-refractivity contribution in [2.75, 3.05) is 24.6 Å². The summed E-state index contributed by atoms with van der Waals surface area (Å²) in [7, 11) is 1.86. The molecule has 1 saturated heterocycles. The molecule has 0 aromatic carbocycles. The summed E-state index contributed by atoms with van der Waals surface area (Å²) >= 11 is 0. The van der Waals surface area contributed by atoms with Crippen molar-refractivity contribution in [3.05, 3.63) is 12.5 Å². The number of aliphatic hydroxyl groups is 1. The van der Waals surface area contributed by atoms with Gasteiger partial charge in [-0.15, -0.1) is 0 Å². The number of ether oxygens (including phenoxy) is 1. The number of aromatic nitrogens is 4. The lowest BCUT2D eigenvalue weighted by Crippen LogP contribution is -2.54. The third kappa shape index (κ3) is 2.23. The van der Waals surface area contributed by atoms with Gasteiger partial charge in [0.15, 0.2) is 5.65 Å². The molecule has 108 valence electrons. The van der Waals surface area contributed by atoms with E-state index in [0.29, 0.717) is 13.1 Å². The zero-order valence-corrected chi connectivity index (χ0v) is 11.9. The molecule has 1 unspecified atom stereocenters. The molecule has 1 atom stereocenters. The Hall–Kier alpha value is -1.73. The average molecular weight is 277 g/mol. The van der Waals surface area contributed by atoms with E-state index < -0.39 is 0 Å². The molecule has 1 aliphatic rings. The van der Waals surface area contributed by atoms with Crippen molar-refractivity contribution >= 4 is 16.9 Å². The van der Waals surface area contributed by atoms with Crippen LogP contribution in [0.5, 0.6) is 0 Å². The first-order valence-corrected chi connectivity index (χ1v) is 6.66. The molecule has 2 aromatic rings. The molecular weight excluding hydrogens is 258 g/mol. The Labute approximate surface area is 117 Å². The van der Waals surface area contributed by atoms with E-state index in [1.807, 2.05) is 20.9 Å². The van der Waals surface area contributed by atoms with Gasteiger partial charge in [-0.2, -0.15) is 5.10 Å². The van der Waals surface area contributed by atoms with E-state index >= 15 is 0 Å². The van der Waals surface area contributed by atoms with Crippen LogP contribution in [0.15, 0.2) is 12.5 Å². The first kappa shape index (κ1) is 13.3. The average Bonchev–Trinajstić information content (AvgIpc) is 2.79. The van der Waals surface area contributed by atoms with Gasteiger partial charge in [-0.05, 0) is 13.8 Å². The fraction of sp³-hybridized carbons (Fsp3) is 0.615. The smallest absolute Gasteiger partial charge is 0.163 e. The van der Waals surface area contributed by atoms with E-state index in [9.17, 15) is 5.11 Å². The standard InChI is InChI=1S/C13H19N5O2/c1-13(2)7-18(5-9(6-19)20-13)12-10-4-16-17(3)11(10)14-8-15-12/h4,8-9,19H,5-7H2,1-3H3. The number of fused-ring (bicyclic) bond motifs is 1. The largest absolute Gasteiger partial charge is 0.394 e. The van der Waals surface area contributed by atoms with Gasteiger partial charge in [0.1, 0.15) is 12.1 Å². The monoisotopic (exact) mass is 277 g/mol. The number of nitrogens with zero attached hydrogens (tertiary/aromatic N) is 5. The van der Waals surface area contributed by atoms with E-state index in [4.69, 9.17) is 4.74 Å². The van der Waals surface area contributed by atoms with Gasteiger partial charge in [0, 0.05) is 20.1 Å². The van der Waals surface area contributed by atoms with Crippen molar-refractivity contribution in [2.45, 2.75) is 25.6 Å². The van der Waals surface area contributed by atoms with Crippen LogP contribution in [0, 0.1) is 0 Å². The molecule has 1 aliphatic heterocycles. The van der Waals surface area contributed by atoms with E-state index in [1.54, 1.807) is 17.2 Å². The van der Waals surface area contributed by atoms with Crippen molar-refractivity contribution in [1.29, 1.82) is 0 Å². The fourth-order valence-corrected chi connectivity index (χ4v) is 2.75. The van der Waals surface area contributed by atoms with Gasteiger partial charge in [0.2, 0.25) is 0 Å². The molecule has 7 heteroatoms. The second-order valence-corrected chi connectivity index (χ2v) is 5.77. The Bertz CT molecular complexity index is 624. The normalized spacial score (nSPS) is 22.4. The number of hydrogen-bond donors (Lipinski definition) is 1. The molecule has 0 radical (unpaired) electrons. The maximum atomic E-state index is 9.40. The van der Waals surface area contributed by atoms with Crippen LogP contribution >= 0.6 is 0 Å². The van der Waals surface area contributed by atoms with Crippen molar-refractivity contribution in [3.63, 3.8) is 0 Å². The summed E-state index contributed by atoms with van der Waals surface area (Å²) < 4.78 is 7.57. The number of hydrogen-bond acceptors (Lipinski definition) is 6. The molecule has 0 amide bonds. The zero-order valence-electron chi connectivity index (χ0n) is 11.9. The summed E-state index contributed by atoms with van der Waals surface area (Å²) in [6.07, 6.45) is 3.12. The van der Waals surface area contributed by atoms with Crippen LogP contribution < -0.4 is 4.90 Å². The molecule has 0 saturated carbocycles. The zero-order chi connectivity index (χ0) is 14.3. The molecular formula is C13H19N5O2. The quantitative estimate of drug-likeness (QED) is 0.853. The lowest BCUT2D eigenvalue weighted by molar-refractivity contribution is -0.101. The maximum Gasteiger partial charge on any atom is 0.163 e. The minimum Gasteiger partial charge on any atom is -0.394 e. The number of aliphatic hydroxyl groups excluding tert-OH is 1. The van der Waals surface area contributed by atoms with Crippen LogP contribution in [-0.4, -0.2) is 56.3 Å². The first-order valence-electron chi connectivity index (χ1n) is 6.66. The van der Waals surface area contributed by atoms with E-state index in [2.05, 4.69) is 20.0 Å². The lowest BCUT2D eigenvalue weighted by atomic mass is 10.1. The highest BCUT2D eigenvalue weighted by molar-refractivity contribution is 5.86. The summed E-state index contributed by atoms with van der Waals surface area (Å²) in [5.41, 5.74) is 0.477. The summed E-state index contributed by atoms with van der Waals surface area (Å²) in [6.45, 7) is 5.36. The van der Waals surface area contributed by atoms with E-state index in [1.165, 1.54) is 0 Å². The summed E-state index contributed by atoms with van der Waals surface area (Å²) in [5, 5.41) is 14.6. The first-order chi connectivity index (χ1) is 9.50. The van der Waals surface area contributed by atoms with Gasteiger partial charge < -0.3 is 14.7 Å². The SMILES string of the molecule is Cn1ncc2c(N3CC(CO)OC(C)(C)C3)ncnc21. The van der Waals surface area contributed by atoms with Crippen molar-refractivity contribution < 1.29 is 9.84 Å². The van der Waals surface area contributed by atoms with Gasteiger partial charge in [-0.3, -0.25) is 4.68 Å². The Morgan fingerprint density at radius 2 is 2.25 bits per heavy atom. The van der Waals surface area contributed by atoms with Crippen LogP contribution in [0.2, 0.25) is 0 Å². The molecule has 2 aromatic heterocycles. The van der Waals surface area contributed by atoms with Crippen LogP contribution in [-0.2, 0) is 11.8 Å². The predicted octanol–water partition coefficient (Wildman–Crippen LogP) is 0.339. The molecule has 7 nitrogen and oxygen atoms in total.